The van der Waals surface area contributed by atoms with E-state index in [1.165, 1.54) is 17.5 Å². The Morgan fingerprint density at radius 2 is 1.90 bits per heavy atom. The maximum absolute atomic E-state index is 12.7. The molecule has 2 aliphatic rings. The van der Waals surface area contributed by atoms with E-state index in [2.05, 4.69) is 37.4 Å². The highest BCUT2D eigenvalue weighted by Crippen LogP contribution is 2.43. The van der Waals surface area contributed by atoms with Crippen LogP contribution in [0, 0.1) is 5.92 Å². The summed E-state index contributed by atoms with van der Waals surface area (Å²) in [5.41, 5.74) is 5.71. The molecule has 2 aromatic carbocycles. The van der Waals surface area contributed by atoms with Crippen LogP contribution in [-0.4, -0.2) is 17.6 Å². The molecule has 4 nitrogen and oxygen atoms in total. The van der Waals surface area contributed by atoms with Gasteiger partial charge in [-0.25, -0.2) is 0 Å². The van der Waals surface area contributed by atoms with Gasteiger partial charge in [0.15, 0.2) is 0 Å². The number of fused-ring (bicyclic) bond motifs is 1. The largest absolute Gasteiger partial charge is 0.326 e. The second-order valence-electron chi connectivity index (χ2n) is 8.59. The maximum atomic E-state index is 12.7. The number of nitrogens with one attached hydrogen (secondary N) is 1. The van der Waals surface area contributed by atoms with Gasteiger partial charge in [-0.05, 0) is 73.1 Å². The van der Waals surface area contributed by atoms with Crippen molar-refractivity contribution in [1.29, 1.82) is 0 Å². The third-order valence-electron chi connectivity index (χ3n) is 6.46. The molecule has 1 aliphatic carbocycles. The number of benzene rings is 2. The van der Waals surface area contributed by atoms with E-state index < -0.39 is 0 Å². The molecule has 31 heavy (non-hydrogen) atoms. The van der Waals surface area contributed by atoms with Gasteiger partial charge < -0.3 is 5.32 Å². The Morgan fingerprint density at radius 3 is 2.65 bits per heavy atom. The number of amides is 2. The lowest BCUT2D eigenvalue weighted by molar-refractivity contribution is -0.120. The van der Waals surface area contributed by atoms with Gasteiger partial charge in [0.25, 0.3) is 0 Å². The average Bonchev–Trinajstić information content (AvgIpc) is 3.40. The van der Waals surface area contributed by atoms with E-state index in [0.717, 1.165) is 55.5 Å². The van der Waals surface area contributed by atoms with Gasteiger partial charge in [0.05, 0.1) is 5.75 Å². The highest BCUT2D eigenvalue weighted by Gasteiger charge is 2.34. The third kappa shape index (κ3) is 4.82. The molecule has 2 unspecified atom stereocenters. The molecule has 2 atom stereocenters. The highest BCUT2D eigenvalue weighted by molar-refractivity contribution is 8.00. The second-order valence-corrected chi connectivity index (χ2v) is 9.66. The fraction of sp³-hybridized carbons (Fsp3) is 0.462. The van der Waals surface area contributed by atoms with Crippen molar-refractivity contribution >= 4 is 35.0 Å². The molecule has 1 saturated heterocycles. The Labute approximate surface area is 189 Å². The van der Waals surface area contributed by atoms with Crippen molar-refractivity contribution in [2.45, 2.75) is 64.2 Å². The van der Waals surface area contributed by atoms with Gasteiger partial charge in [0.2, 0.25) is 11.8 Å². The minimum atomic E-state index is -0.0235. The molecule has 0 spiro atoms. The number of anilines is 2. The molecule has 4 rings (SSSR count). The van der Waals surface area contributed by atoms with Gasteiger partial charge >= 0.3 is 0 Å². The summed E-state index contributed by atoms with van der Waals surface area (Å²) in [4.78, 5) is 27.2. The maximum Gasteiger partial charge on any atom is 0.238 e. The first-order valence-corrected chi connectivity index (χ1v) is 12.6. The molecule has 5 heteroatoms. The first kappa shape index (κ1) is 21.9. The lowest BCUT2D eigenvalue weighted by atomic mass is 9.98. The van der Waals surface area contributed by atoms with E-state index >= 15 is 0 Å². The number of carbonyl (C=O) groups is 2. The summed E-state index contributed by atoms with van der Waals surface area (Å²) in [5.74, 6) is 0.828. The quantitative estimate of drug-likeness (QED) is 0.543. The van der Waals surface area contributed by atoms with Crippen LogP contribution in [0.1, 0.15) is 68.0 Å². The second kappa shape index (κ2) is 9.90. The average molecular weight is 437 g/mol. The Kier molecular flexibility index (Phi) is 7.01. The number of hydrogen-bond donors (Lipinski definition) is 1. The normalized spacial score (nSPS) is 18.8. The Hall–Kier alpha value is -2.27. The van der Waals surface area contributed by atoms with Gasteiger partial charge in [0.1, 0.15) is 5.37 Å². The smallest absolute Gasteiger partial charge is 0.238 e. The molecule has 0 saturated carbocycles. The highest BCUT2D eigenvalue weighted by atomic mass is 32.2. The summed E-state index contributed by atoms with van der Waals surface area (Å²) >= 11 is 1.67. The Bertz CT molecular complexity index is 941. The molecule has 2 amide bonds. The molecular formula is C26H32N2O2S. The number of carbonyl (C=O) groups excluding carboxylic acids is 2. The first-order valence-electron chi connectivity index (χ1n) is 11.6. The van der Waals surface area contributed by atoms with Crippen molar-refractivity contribution < 1.29 is 9.59 Å². The van der Waals surface area contributed by atoms with E-state index in [9.17, 15) is 9.59 Å². The number of thioether (sulfide) groups is 1. The zero-order chi connectivity index (χ0) is 21.8. The summed E-state index contributed by atoms with van der Waals surface area (Å²) in [6, 6.07) is 14.5. The van der Waals surface area contributed by atoms with Gasteiger partial charge in [-0.2, -0.15) is 0 Å². The predicted octanol–water partition coefficient (Wildman–Crippen LogP) is 6.11. The first-order chi connectivity index (χ1) is 15.1. The van der Waals surface area contributed by atoms with Gasteiger partial charge in [-0.1, -0.05) is 44.9 Å². The zero-order valence-electron chi connectivity index (χ0n) is 18.5. The molecule has 1 fully saturated rings. The standard InChI is InChI=1S/C26H32N2O2S/c1-3-5-7-18(4-2)25(30)27-22-13-10-20(11-14-22)26-28(24(29)17-31-26)23-15-12-19-8-6-9-21(19)16-23/h10-16,18,26H,3-9,17H2,1-2H3,(H,27,30). The minimum Gasteiger partial charge on any atom is -0.326 e. The fourth-order valence-corrected chi connectivity index (χ4v) is 5.78. The topological polar surface area (TPSA) is 49.4 Å². The summed E-state index contributed by atoms with van der Waals surface area (Å²) in [7, 11) is 0. The molecule has 1 N–H and O–H groups in total. The van der Waals surface area contributed by atoms with Crippen molar-refractivity contribution in [3.05, 3.63) is 59.2 Å². The van der Waals surface area contributed by atoms with E-state index in [1.807, 2.05) is 29.2 Å². The van der Waals surface area contributed by atoms with Crippen LogP contribution in [0.25, 0.3) is 0 Å². The lowest BCUT2D eigenvalue weighted by Gasteiger charge is -2.25. The van der Waals surface area contributed by atoms with Crippen LogP contribution in [0.4, 0.5) is 11.4 Å². The molecule has 0 aromatic heterocycles. The number of nitrogens with zero attached hydrogens (tertiary/aromatic N) is 1. The lowest BCUT2D eigenvalue weighted by Crippen LogP contribution is -2.28. The van der Waals surface area contributed by atoms with E-state index in [-0.39, 0.29) is 23.1 Å². The molecule has 2 aromatic rings. The van der Waals surface area contributed by atoms with Crippen LogP contribution >= 0.6 is 11.8 Å². The molecule has 0 radical (unpaired) electrons. The Balaban J connectivity index is 1.47. The van der Waals surface area contributed by atoms with Gasteiger partial charge in [-0.3, -0.25) is 14.5 Å². The van der Waals surface area contributed by atoms with Gasteiger partial charge in [0, 0.05) is 17.3 Å². The van der Waals surface area contributed by atoms with Crippen molar-refractivity contribution in [1.82, 2.24) is 0 Å². The van der Waals surface area contributed by atoms with E-state index in [1.54, 1.807) is 11.8 Å². The minimum absolute atomic E-state index is 0.0235. The van der Waals surface area contributed by atoms with Crippen LogP contribution in [0.3, 0.4) is 0 Å². The SMILES string of the molecule is CCCCC(CC)C(=O)Nc1ccc(C2SCC(=O)N2c2ccc3c(c2)CCC3)cc1. The number of rotatable bonds is 8. The fourth-order valence-electron chi connectivity index (χ4n) is 4.60. The molecular weight excluding hydrogens is 404 g/mol. The summed E-state index contributed by atoms with van der Waals surface area (Å²) < 4.78 is 0. The number of hydrogen-bond acceptors (Lipinski definition) is 3. The number of unbranched alkanes of at least 4 members (excludes halogenated alkanes) is 1. The monoisotopic (exact) mass is 436 g/mol. The van der Waals surface area contributed by atoms with Crippen LogP contribution in [-0.2, 0) is 22.4 Å². The van der Waals surface area contributed by atoms with Crippen molar-refractivity contribution in [2.24, 2.45) is 5.92 Å². The van der Waals surface area contributed by atoms with E-state index in [4.69, 9.17) is 0 Å². The van der Waals surface area contributed by atoms with Crippen molar-refractivity contribution in [3.63, 3.8) is 0 Å². The van der Waals surface area contributed by atoms with Gasteiger partial charge in [-0.15, -0.1) is 11.8 Å². The Morgan fingerprint density at radius 1 is 1.13 bits per heavy atom. The van der Waals surface area contributed by atoms with Crippen molar-refractivity contribution in [2.75, 3.05) is 16.0 Å². The molecule has 164 valence electrons. The zero-order valence-corrected chi connectivity index (χ0v) is 19.3. The van der Waals surface area contributed by atoms with E-state index in [0.29, 0.717) is 5.75 Å². The summed E-state index contributed by atoms with van der Waals surface area (Å²) in [6.45, 7) is 4.23. The summed E-state index contributed by atoms with van der Waals surface area (Å²) in [6.07, 6.45) is 7.44. The molecule has 1 heterocycles. The van der Waals surface area contributed by atoms with Crippen LogP contribution in [0.15, 0.2) is 42.5 Å². The summed E-state index contributed by atoms with van der Waals surface area (Å²) in [5, 5.41) is 3.05. The molecule has 1 aliphatic heterocycles. The van der Waals surface area contributed by atoms with Crippen molar-refractivity contribution in [3.8, 4) is 0 Å². The predicted molar refractivity (Wildman–Crippen MR) is 130 cm³/mol. The van der Waals surface area contributed by atoms with Crippen LogP contribution < -0.4 is 10.2 Å². The number of aryl methyl sites for hydroxylation is 2. The van der Waals surface area contributed by atoms with Crippen LogP contribution in [0.5, 0.6) is 0 Å². The molecule has 0 bridgehead atoms. The third-order valence-corrected chi connectivity index (χ3v) is 7.67. The van der Waals surface area contributed by atoms with Crippen LogP contribution in [0.2, 0.25) is 0 Å².